The van der Waals surface area contributed by atoms with Gasteiger partial charge in [-0.3, -0.25) is 0 Å². The Hall–Kier alpha value is -1.65. The molecule has 0 atom stereocenters. The van der Waals surface area contributed by atoms with Crippen LogP contribution in [0.4, 0.5) is 5.95 Å². The molecule has 1 N–H and O–H groups in total. The van der Waals surface area contributed by atoms with Crippen molar-refractivity contribution in [2.75, 3.05) is 18.5 Å². The highest BCUT2D eigenvalue weighted by molar-refractivity contribution is 5.85. The largest absolute Gasteiger partial charge is 0.477 e. The second kappa shape index (κ2) is 4.08. The monoisotopic (exact) mass is 221 g/mol. The predicted molar refractivity (Wildman–Crippen MR) is 59.7 cm³/mol. The lowest BCUT2D eigenvalue weighted by atomic mass is 10.3. The minimum atomic E-state index is -1.01. The van der Waals surface area contributed by atoms with Crippen molar-refractivity contribution in [3.63, 3.8) is 0 Å². The van der Waals surface area contributed by atoms with Crippen LogP contribution in [0, 0.1) is 12.8 Å². The van der Waals surface area contributed by atoms with Gasteiger partial charge in [-0.25, -0.2) is 14.8 Å². The molecule has 1 fully saturated rings. The molecule has 16 heavy (non-hydrogen) atoms. The van der Waals surface area contributed by atoms with E-state index >= 15 is 0 Å². The molecule has 1 saturated carbocycles. The van der Waals surface area contributed by atoms with Gasteiger partial charge in [0.2, 0.25) is 5.95 Å². The van der Waals surface area contributed by atoms with Gasteiger partial charge < -0.3 is 10.0 Å². The highest BCUT2D eigenvalue weighted by atomic mass is 16.4. The molecule has 86 valence electrons. The van der Waals surface area contributed by atoms with Crippen molar-refractivity contribution in [1.29, 1.82) is 0 Å². The summed E-state index contributed by atoms with van der Waals surface area (Å²) >= 11 is 0. The summed E-state index contributed by atoms with van der Waals surface area (Å²) in [7, 11) is 1.90. The SMILES string of the molecule is Cc1cc(C(=O)O)nc(N(C)CC2CC2)n1. The molecule has 0 radical (unpaired) electrons. The van der Waals surface area contributed by atoms with Gasteiger partial charge >= 0.3 is 5.97 Å². The van der Waals surface area contributed by atoms with E-state index < -0.39 is 5.97 Å². The number of aryl methyl sites for hydroxylation is 1. The first-order valence-corrected chi connectivity index (χ1v) is 5.36. The minimum absolute atomic E-state index is 0.0603. The van der Waals surface area contributed by atoms with Crippen molar-refractivity contribution in [1.82, 2.24) is 9.97 Å². The van der Waals surface area contributed by atoms with Gasteiger partial charge in [-0.2, -0.15) is 0 Å². The third-order valence-electron chi connectivity index (χ3n) is 2.63. The number of hydrogen-bond donors (Lipinski definition) is 1. The van der Waals surface area contributed by atoms with Gasteiger partial charge in [-0.15, -0.1) is 0 Å². The van der Waals surface area contributed by atoms with Crippen LogP contribution >= 0.6 is 0 Å². The zero-order chi connectivity index (χ0) is 11.7. The lowest BCUT2D eigenvalue weighted by Crippen LogP contribution is -2.23. The van der Waals surface area contributed by atoms with Crippen LogP contribution in [0.25, 0.3) is 0 Å². The summed E-state index contributed by atoms with van der Waals surface area (Å²) in [6.45, 7) is 2.69. The maximum Gasteiger partial charge on any atom is 0.354 e. The first-order valence-electron chi connectivity index (χ1n) is 5.36. The third kappa shape index (κ3) is 2.48. The number of aromatic carboxylic acids is 1. The van der Waals surface area contributed by atoms with Crippen LogP contribution in [0.1, 0.15) is 29.0 Å². The van der Waals surface area contributed by atoms with Gasteiger partial charge in [-0.05, 0) is 31.7 Å². The number of anilines is 1. The average molecular weight is 221 g/mol. The maximum absolute atomic E-state index is 10.9. The minimum Gasteiger partial charge on any atom is -0.477 e. The van der Waals surface area contributed by atoms with Crippen molar-refractivity contribution in [2.24, 2.45) is 5.92 Å². The first-order chi connectivity index (χ1) is 7.56. The summed E-state index contributed by atoms with van der Waals surface area (Å²) < 4.78 is 0. The molecule has 0 bridgehead atoms. The Bertz CT molecular complexity index is 416. The molecule has 0 amide bonds. The molecule has 2 rings (SSSR count). The highest BCUT2D eigenvalue weighted by Gasteiger charge is 2.24. The normalized spacial score (nSPS) is 14.9. The maximum atomic E-state index is 10.9. The van der Waals surface area contributed by atoms with Crippen molar-refractivity contribution in [2.45, 2.75) is 19.8 Å². The van der Waals surface area contributed by atoms with Crippen LogP contribution in [0.3, 0.4) is 0 Å². The van der Waals surface area contributed by atoms with Gasteiger partial charge in [0.25, 0.3) is 0 Å². The second-order valence-corrected chi connectivity index (χ2v) is 4.32. The lowest BCUT2D eigenvalue weighted by Gasteiger charge is -2.17. The molecule has 1 aromatic heterocycles. The Morgan fingerprint density at radius 1 is 1.56 bits per heavy atom. The van der Waals surface area contributed by atoms with Gasteiger partial charge in [0.1, 0.15) is 0 Å². The summed E-state index contributed by atoms with van der Waals surface area (Å²) in [4.78, 5) is 21.1. The van der Waals surface area contributed by atoms with E-state index in [1.807, 2.05) is 11.9 Å². The Labute approximate surface area is 94.1 Å². The second-order valence-electron chi connectivity index (χ2n) is 4.32. The van der Waals surface area contributed by atoms with E-state index in [-0.39, 0.29) is 5.69 Å². The molecule has 0 aliphatic heterocycles. The zero-order valence-electron chi connectivity index (χ0n) is 9.47. The fourth-order valence-corrected chi connectivity index (χ4v) is 1.60. The highest BCUT2D eigenvalue weighted by Crippen LogP contribution is 2.30. The van der Waals surface area contributed by atoms with E-state index in [9.17, 15) is 4.79 Å². The van der Waals surface area contributed by atoms with E-state index in [1.165, 1.54) is 18.9 Å². The number of carbonyl (C=O) groups is 1. The van der Waals surface area contributed by atoms with E-state index in [2.05, 4.69) is 9.97 Å². The first kappa shape index (κ1) is 10.9. The van der Waals surface area contributed by atoms with Crippen molar-refractivity contribution in [3.05, 3.63) is 17.5 Å². The summed E-state index contributed by atoms with van der Waals surface area (Å²) in [5, 5.41) is 8.90. The van der Waals surface area contributed by atoms with Crippen LogP contribution in [0.2, 0.25) is 0 Å². The smallest absolute Gasteiger partial charge is 0.354 e. The zero-order valence-corrected chi connectivity index (χ0v) is 9.47. The molecule has 5 nitrogen and oxygen atoms in total. The standard InChI is InChI=1S/C11H15N3O2/c1-7-5-9(10(15)16)13-11(12-7)14(2)6-8-3-4-8/h5,8H,3-4,6H2,1-2H3,(H,15,16). The summed E-state index contributed by atoms with van der Waals surface area (Å²) in [5.74, 6) is 0.221. The molecule has 1 aromatic rings. The fourth-order valence-electron chi connectivity index (χ4n) is 1.60. The van der Waals surface area contributed by atoms with Gasteiger partial charge in [0.05, 0.1) is 0 Å². The summed E-state index contributed by atoms with van der Waals surface area (Å²) in [5.41, 5.74) is 0.746. The van der Waals surface area contributed by atoms with Crippen LogP contribution < -0.4 is 4.90 Å². The average Bonchev–Trinajstić information content (AvgIpc) is 3.00. The number of carboxylic acids is 1. The van der Waals surface area contributed by atoms with E-state index in [4.69, 9.17) is 5.11 Å². The Morgan fingerprint density at radius 2 is 2.25 bits per heavy atom. The third-order valence-corrected chi connectivity index (χ3v) is 2.63. The summed E-state index contributed by atoms with van der Waals surface area (Å²) in [6, 6.07) is 1.48. The molecule has 0 spiro atoms. The van der Waals surface area contributed by atoms with Gasteiger partial charge in [0, 0.05) is 19.3 Å². The van der Waals surface area contributed by atoms with Crippen LogP contribution in [0.15, 0.2) is 6.07 Å². The van der Waals surface area contributed by atoms with Gasteiger partial charge in [0.15, 0.2) is 5.69 Å². The number of carboxylic acid groups (broad SMARTS) is 1. The molecule has 0 unspecified atom stereocenters. The van der Waals surface area contributed by atoms with E-state index in [0.717, 1.165) is 12.5 Å². The Balaban J connectivity index is 2.21. The molecule has 5 heteroatoms. The van der Waals surface area contributed by atoms with Crippen LogP contribution in [-0.2, 0) is 0 Å². The number of nitrogens with zero attached hydrogens (tertiary/aromatic N) is 3. The topological polar surface area (TPSA) is 66.3 Å². The van der Waals surface area contributed by atoms with Crippen LogP contribution in [-0.4, -0.2) is 34.6 Å². The lowest BCUT2D eigenvalue weighted by molar-refractivity contribution is 0.0690. The van der Waals surface area contributed by atoms with E-state index in [1.54, 1.807) is 6.92 Å². The quantitative estimate of drug-likeness (QED) is 0.830. The van der Waals surface area contributed by atoms with Crippen molar-refractivity contribution >= 4 is 11.9 Å². The molecular weight excluding hydrogens is 206 g/mol. The van der Waals surface area contributed by atoms with Crippen molar-refractivity contribution < 1.29 is 9.90 Å². The molecule has 1 heterocycles. The molecule has 1 aliphatic rings. The Kier molecular flexibility index (Phi) is 2.77. The number of hydrogen-bond acceptors (Lipinski definition) is 4. The molecule has 0 aromatic carbocycles. The molecular formula is C11H15N3O2. The van der Waals surface area contributed by atoms with Gasteiger partial charge in [-0.1, -0.05) is 0 Å². The van der Waals surface area contributed by atoms with Crippen LogP contribution in [0.5, 0.6) is 0 Å². The fraction of sp³-hybridized carbons (Fsp3) is 0.545. The Morgan fingerprint density at radius 3 is 2.81 bits per heavy atom. The molecule has 1 aliphatic carbocycles. The summed E-state index contributed by atoms with van der Waals surface area (Å²) in [6.07, 6.45) is 2.50. The molecule has 0 saturated heterocycles. The predicted octanol–water partition coefficient (Wildman–Crippen LogP) is 1.33. The number of rotatable bonds is 4. The number of aromatic nitrogens is 2. The van der Waals surface area contributed by atoms with E-state index in [0.29, 0.717) is 11.6 Å². The van der Waals surface area contributed by atoms with Crippen molar-refractivity contribution in [3.8, 4) is 0 Å².